The first kappa shape index (κ1) is 15.8. The Labute approximate surface area is 105 Å². The van der Waals surface area contributed by atoms with Crippen molar-refractivity contribution in [2.24, 2.45) is 0 Å². The van der Waals surface area contributed by atoms with Crippen LogP contribution in [-0.4, -0.2) is 48.6 Å². The average molecular weight is 341 g/mol. The number of quaternary nitrogens is 1. The van der Waals surface area contributed by atoms with Crippen LogP contribution in [0.1, 0.15) is 0 Å². The Morgan fingerprint density at radius 2 is 1.75 bits per heavy atom. The minimum absolute atomic E-state index is 0. The molecule has 0 aromatic rings. The van der Waals surface area contributed by atoms with Gasteiger partial charge < -0.3 is 14.3 Å². The second-order valence-electron chi connectivity index (χ2n) is 3.34. The number of hydrogen-bond donors (Lipinski definition) is 2. The van der Waals surface area contributed by atoms with E-state index < -0.39 is 7.82 Å². The maximum atomic E-state index is 10.2. The summed E-state index contributed by atoms with van der Waals surface area (Å²) < 4.78 is 15.1. The fourth-order valence-corrected chi connectivity index (χ4v) is 0.753. The van der Waals surface area contributed by atoms with Gasteiger partial charge in [0.1, 0.15) is 13.2 Å². The van der Waals surface area contributed by atoms with Gasteiger partial charge in [0.2, 0.25) is 0 Å². The molecule has 0 radical (unpaired) electrons. The van der Waals surface area contributed by atoms with Crippen molar-refractivity contribution in [3.63, 3.8) is 0 Å². The molecule has 0 rings (SSSR count). The largest absolute Gasteiger partial charge is 0.469 e. The number of hydrogen-bond acceptors (Lipinski definition) is 2. The van der Waals surface area contributed by atoms with Crippen molar-refractivity contribution in [3.8, 4) is 0 Å². The van der Waals surface area contributed by atoms with E-state index >= 15 is 0 Å². The molecule has 2 N–H and O–H groups in total. The molecule has 0 bridgehead atoms. The molecule has 12 heavy (non-hydrogen) atoms. The molecule has 0 fully saturated rings. The van der Waals surface area contributed by atoms with E-state index in [1.807, 2.05) is 21.1 Å². The van der Waals surface area contributed by atoms with Crippen LogP contribution < -0.4 is 0 Å². The zero-order valence-corrected chi connectivity index (χ0v) is 10.5. The van der Waals surface area contributed by atoms with Crippen molar-refractivity contribution in [2.45, 2.75) is 0 Å². The van der Waals surface area contributed by atoms with E-state index in [1.54, 1.807) is 0 Å². The van der Waals surface area contributed by atoms with Gasteiger partial charge in [-0.3, -0.25) is 4.52 Å². The van der Waals surface area contributed by atoms with E-state index in [-0.39, 0.29) is 46.5 Å². The van der Waals surface area contributed by atoms with Crippen LogP contribution in [0.15, 0.2) is 0 Å². The van der Waals surface area contributed by atoms with Gasteiger partial charge in [-0.05, 0) is 0 Å². The molecule has 0 aromatic heterocycles. The summed E-state index contributed by atoms with van der Waals surface area (Å²) in [6.45, 7) is 0.652. The predicted octanol–water partition coefficient (Wildman–Crippen LogP) is -0.198. The van der Waals surface area contributed by atoms with Crippen molar-refractivity contribution in [1.29, 1.82) is 0 Å². The predicted molar refractivity (Wildman–Crippen MR) is 40.9 cm³/mol. The normalized spacial score (nSPS) is 12.4. The number of rotatable bonds is 4. The van der Waals surface area contributed by atoms with E-state index in [0.29, 0.717) is 11.0 Å². The summed E-state index contributed by atoms with van der Waals surface area (Å²) >= 11 is 0. The summed E-state index contributed by atoms with van der Waals surface area (Å²) in [5.74, 6) is 0. The van der Waals surface area contributed by atoms with Crippen LogP contribution in [0.5, 0.6) is 0 Å². The third-order valence-corrected chi connectivity index (χ3v) is 1.54. The first-order valence-corrected chi connectivity index (χ1v) is 4.74. The van der Waals surface area contributed by atoms with Crippen LogP contribution in [0.4, 0.5) is 0 Å². The zero-order chi connectivity index (χ0) is 9.12. The zero-order valence-electron chi connectivity index (χ0n) is 7.37. The Hall–Kier alpha value is 1.39. The molecule has 0 atom stereocenters. The molecule has 7 heteroatoms. The summed E-state index contributed by atoms with van der Waals surface area (Å²) in [6, 6.07) is 0. The molecule has 0 aliphatic carbocycles. The maximum absolute atomic E-state index is 10.2. The minimum atomic E-state index is -4.26. The molecule has 0 saturated carbocycles. The van der Waals surface area contributed by atoms with Gasteiger partial charge in [-0.1, -0.05) is 0 Å². The third kappa shape index (κ3) is 13.9. The second kappa shape index (κ2) is 5.99. The van der Waals surface area contributed by atoms with Crippen molar-refractivity contribution < 1.29 is 63.3 Å². The summed E-state index contributed by atoms with van der Waals surface area (Å²) in [7, 11) is 1.50. The maximum Gasteiger partial charge on any atom is 0.469 e. The van der Waals surface area contributed by atoms with Gasteiger partial charge in [-0.2, -0.15) is 0 Å². The SMILES string of the molecule is C[N+](C)(C)CCOP(=O)(O)O.[Gd]. The molecule has 0 unspecified atom stereocenters. The molecule has 0 spiro atoms. The minimum Gasteiger partial charge on any atom is -0.329 e. The van der Waals surface area contributed by atoms with Crippen LogP contribution in [0.25, 0.3) is 0 Å². The fourth-order valence-electron chi connectivity index (χ4n) is 0.434. The van der Waals surface area contributed by atoms with E-state index in [2.05, 4.69) is 4.52 Å². The molecule has 0 aliphatic heterocycles. The van der Waals surface area contributed by atoms with E-state index in [0.717, 1.165) is 0 Å². The van der Waals surface area contributed by atoms with Crippen molar-refractivity contribution in [2.75, 3.05) is 34.3 Å². The van der Waals surface area contributed by atoms with Crippen molar-refractivity contribution >= 4 is 7.82 Å². The Balaban J connectivity index is 0. The Morgan fingerprint density at radius 3 is 2.00 bits per heavy atom. The molecule has 76 valence electrons. The number of phosphoric acid groups is 1. The van der Waals surface area contributed by atoms with Gasteiger partial charge in [0, 0.05) is 39.9 Å². The average Bonchev–Trinajstić information content (AvgIpc) is 1.55. The topological polar surface area (TPSA) is 66.8 Å². The van der Waals surface area contributed by atoms with Crippen LogP contribution >= 0.6 is 7.82 Å². The van der Waals surface area contributed by atoms with Crippen molar-refractivity contribution in [1.82, 2.24) is 0 Å². The third-order valence-electron chi connectivity index (χ3n) is 1.02. The van der Waals surface area contributed by atoms with Crippen molar-refractivity contribution in [3.05, 3.63) is 0 Å². The Bertz CT molecular complexity index is 163. The van der Waals surface area contributed by atoms with Crippen LogP contribution in [-0.2, 0) is 9.09 Å². The molecule has 0 aliphatic rings. The first-order chi connectivity index (χ1) is 4.71. The molecule has 0 amide bonds. The van der Waals surface area contributed by atoms with Gasteiger partial charge in [0.15, 0.2) is 0 Å². The van der Waals surface area contributed by atoms with E-state index in [1.165, 1.54) is 0 Å². The standard InChI is InChI=1S/C5H14NO4P.Gd/c1-6(2,3)4-5-10-11(7,8)9;/h4-5H2,1-3H3,(H-,7,8,9);/p+1. The van der Waals surface area contributed by atoms with Crippen LogP contribution in [0, 0.1) is 39.9 Å². The summed E-state index contributed by atoms with van der Waals surface area (Å²) in [5.41, 5.74) is 0. The molecular formula is C5H15GdNO4P+. The number of nitrogens with zero attached hydrogens (tertiary/aromatic N) is 1. The van der Waals surface area contributed by atoms with E-state index in [4.69, 9.17) is 9.79 Å². The molecular weight excluding hydrogens is 326 g/mol. The monoisotopic (exact) mass is 342 g/mol. The van der Waals surface area contributed by atoms with Gasteiger partial charge in [-0.25, -0.2) is 4.57 Å². The van der Waals surface area contributed by atoms with Crippen LogP contribution in [0.3, 0.4) is 0 Å². The van der Waals surface area contributed by atoms with Gasteiger partial charge in [0.05, 0.1) is 21.1 Å². The molecule has 0 saturated heterocycles. The molecule has 0 heterocycles. The smallest absolute Gasteiger partial charge is 0.329 e. The van der Waals surface area contributed by atoms with Gasteiger partial charge in [0.25, 0.3) is 0 Å². The fraction of sp³-hybridized carbons (Fsp3) is 1.00. The number of likely N-dealkylation sites (N-methyl/N-ethyl adjacent to an activating group) is 1. The van der Waals surface area contributed by atoms with Crippen LogP contribution in [0.2, 0.25) is 0 Å². The quantitative estimate of drug-likeness (QED) is 0.549. The summed E-state index contributed by atoms with van der Waals surface area (Å²) in [5, 5.41) is 0. The second-order valence-corrected chi connectivity index (χ2v) is 4.58. The number of phosphoric ester groups is 1. The summed E-state index contributed by atoms with van der Waals surface area (Å²) in [4.78, 5) is 16.6. The summed E-state index contributed by atoms with van der Waals surface area (Å²) in [6.07, 6.45) is 0. The Morgan fingerprint density at radius 1 is 1.33 bits per heavy atom. The Kier molecular flexibility index (Phi) is 7.91. The van der Waals surface area contributed by atoms with Gasteiger partial charge >= 0.3 is 7.82 Å². The van der Waals surface area contributed by atoms with Gasteiger partial charge in [-0.15, -0.1) is 0 Å². The first-order valence-electron chi connectivity index (χ1n) is 3.21. The van der Waals surface area contributed by atoms with E-state index in [9.17, 15) is 4.57 Å². The molecule has 0 aromatic carbocycles. The molecule has 5 nitrogen and oxygen atoms in total.